The van der Waals surface area contributed by atoms with Gasteiger partial charge in [-0.3, -0.25) is 4.57 Å². The minimum Gasteiger partial charge on any atom is -0.382 e. The minimum absolute atomic E-state index is 0.00559. The van der Waals surface area contributed by atoms with Gasteiger partial charge < -0.3 is 10.6 Å². The molecule has 0 spiro atoms. The van der Waals surface area contributed by atoms with Crippen LogP contribution in [0.4, 0.5) is 20.4 Å². The number of nitrogens with zero attached hydrogens (tertiary/aromatic N) is 6. The zero-order valence-corrected chi connectivity index (χ0v) is 17.4. The van der Waals surface area contributed by atoms with Gasteiger partial charge in [-0.15, -0.1) is 0 Å². The van der Waals surface area contributed by atoms with E-state index in [0.29, 0.717) is 11.3 Å². The number of halogens is 2. The number of hydrogen-bond donors (Lipinski definition) is 2. The fraction of sp³-hybridized carbons (Fsp3) is 0.286. The fourth-order valence-corrected chi connectivity index (χ4v) is 3.47. The highest BCUT2D eigenvalue weighted by atomic mass is 19.2. The van der Waals surface area contributed by atoms with E-state index in [1.54, 1.807) is 13.1 Å². The van der Waals surface area contributed by atoms with Crippen molar-refractivity contribution >= 4 is 11.6 Å². The molecule has 0 aromatic carbocycles. The average molecular weight is 440 g/mol. The summed E-state index contributed by atoms with van der Waals surface area (Å²) in [4.78, 5) is 27.5. The van der Waals surface area contributed by atoms with Crippen molar-refractivity contribution < 1.29 is 8.78 Å². The zero-order chi connectivity index (χ0) is 22.7. The number of hydrogen-bond acceptors (Lipinski definition) is 7. The predicted octanol–water partition coefficient (Wildman–Crippen LogP) is 3.00. The molecule has 32 heavy (non-hydrogen) atoms. The third kappa shape index (κ3) is 4.27. The van der Waals surface area contributed by atoms with Crippen LogP contribution in [0.15, 0.2) is 53.1 Å². The first-order chi connectivity index (χ1) is 15.5. The first kappa shape index (κ1) is 21.3. The number of aromatic amines is 1. The summed E-state index contributed by atoms with van der Waals surface area (Å²) in [6, 6.07) is 3.78. The monoisotopic (exact) mass is 440 g/mol. The van der Waals surface area contributed by atoms with E-state index in [1.807, 2.05) is 12.1 Å². The molecule has 0 amide bonds. The van der Waals surface area contributed by atoms with Gasteiger partial charge in [-0.2, -0.15) is 5.10 Å². The summed E-state index contributed by atoms with van der Waals surface area (Å²) in [5.74, 6) is -1.37. The Bertz CT molecular complexity index is 1220. The highest BCUT2D eigenvalue weighted by Crippen LogP contribution is 2.26. The molecular weight excluding hydrogens is 418 g/mol. The summed E-state index contributed by atoms with van der Waals surface area (Å²) in [5.41, 5.74) is 6.45. The Morgan fingerprint density at radius 2 is 2.00 bits per heavy atom. The predicted molar refractivity (Wildman–Crippen MR) is 117 cm³/mol. The molecule has 3 aromatic heterocycles. The van der Waals surface area contributed by atoms with Crippen LogP contribution in [-0.4, -0.2) is 42.8 Å². The minimum atomic E-state index is -1.13. The Hall–Kier alpha value is -3.89. The van der Waals surface area contributed by atoms with Crippen LogP contribution in [0.25, 0.3) is 22.8 Å². The zero-order valence-electron chi connectivity index (χ0n) is 17.4. The maximum atomic E-state index is 14.2. The Morgan fingerprint density at radius 1 is 1.22 bits per heavy atom. The summed E-state index contributed by atoms with van der Waals surface area (Å²) < 4.78 is 28.9. The molecule has 0 saturated carbocycles. The molecule has 0 unspecified atom stereocenters. The lowest BCUT2D eigenvalue weighted by molar-refractivity contribution is 0.498. The van der Waals surface area contributed by atoms with Crippen LogP contribution >= 0.6 is 0 Å². The molecule has 1 aliphatic heterocycles. The number of H-pyrrole nitrogens is 1. The van der Waals surface area contributed by atoms with Crippen LogP contribution in [0.5, 0.6) is 0 Å². The second-order valence-electron chi connectivity index (χ2n) is 7.28. The van der Waals surface area contributed by atoms with Crippen molar-refractivity contribution in [2.24, 2.45) is 0 Å². The van der Waals surface area contributed by atoms with E-state index in [-0.39, 0.29) is 17.3 Å². The van der Waals surface area contributed by atoms with Crippen molar-refractivity contribution in [3.8, 4) is 22.8 Å². The summed E-state index contributed by atoms with van der Waals surface area (Å²) in [7, 11) is 0. The van der Waals surface area contributed by atoms with Gasteiger partial charge >= 0.3 is 5.69 Å². The van der Waals surface area contributed by atoms with Gasteiger partial charge in [0.1, 0.15) is 5.82 Å². The molecule has 166 valence electrons. The fourth-order valence-electron chi connectivity index (χ4n) is 3.47. The van der Waals surface area contributed by atoms with Gasteiger partial charge in [-0.25, -0.2) is 33.6 Å². The van der Waals surface area contributed by atoms with Gasteiger partial charge in [0, 0.05) is 24.8 Å². The Balaban J connectivity index is 1.68. The van der Waals surface area contributed by atoms with Gasteiger partial charge in [-0.05, 0) is 38.0 Å². The summed E-state index contributed by atoms with van der Waals surface area (Å²) in [5, 5.41) is 6.12. The van der Waals surface area contributed by atoms with Crippen molar-refractivity contribution in [3.05, 3.63) is 58.8 Å². The maximum Gasteiger partial charge on any atom is 0.344 e. The molecule has 4 heterocycles. The summed E-state index contributed by atoms with van der Waals surface area (Å²) in [6.45, 7) is 2.85. The number of pyridine rings is 1. The van der Waals surface area contributed by atoms with Crippen molar-refractivity contribution in [3.63, 3.8) is 0 Å². The van der Waals surface area contributed by atoms with Crippen molar-refractivity contribution in [2.75, 3.05) is 23.7 Å². The van der Waals surface area contributed by atoms with Crippen LogP contribution in [0.3, 0.4) is 0 Å². The molecule has 1 aliphatic rings. The van der Waals surface area contributed by atoms with E-state index in [4.69, 9.17) is 5.73 Å². The lowest BCUT2D eigenvalue weighted by Gasteiger charge is -2.16. The third-order valence-corrected chi connectivity index (χ3v) is 5.11. The van der Waals surface area contributed by atoms with Crippen molar-refractivity contribution in [2.45, 2.75) is 26.3 Å². The largest absolute Gasteiger partial charge is 0.382 e. The van der Waals surface area contributed by atoms with Gasteiger partial charge in [0.25, 0.3) is 0 Å². The number of nitrogens with one attached hydrogen (secondary N) is 1. The molecule has 9 nitrogen and oxygen atoms in total. The first-order valence-electron chi connectivity index (χ1n) is 10.1. The molecule has 0 radical (unpaired) electrons. The van der Waals surface area contributed by atoms with Crippen LogP contribution in [0, 0.1) is 0 Å². The van der Waals surface area contributed by atoms with E-state index in [9.17, 15) is 13.6 Å². The maximum absolute atomic E-state index is 14.2. The van der Waals surface area contributed by atoms with Crippen LogP contribution < -0.4 is 16.3 Å². The van der Waals surface area contributed by atoms with E-state index in [1.165, 1.54) is 12.3 Å². The Kier molecular flexibility index (Phi) is 6.06. The van der Waals surface area contributed by atoms with E-state index in [2.05, 4.69) is 30.0 Å². The van der Waals surface area contributed by atoms with Crippen molar-refractivity contribution in [1.82, 2.24) is 29.7 Å². The normalized spacial score (nSPS) is 14.9. The molecule has 1 saturated heterocycles. The number of nitrogen functional groups attached to an aromatic ring is 1. The lowest BCUT2D eigenvalue weighted by Crippen LogP contribution is -2.19. The van der Waals surface area contributed by atoms with Gasteiger partial charge in [0.15, 0.2) is 29.0 Å². The number of aromatic nitrogens is 6. The first-order valence-corrected chi connectivity index (χ1v) is 10.1. The highest BCUT2D eigenvalue weighted by molar-refractivity contribution is 5.69. The number of anilines is 2. The molecule has 4 rings (SSSR count). The molecule has 0 aliphatic carbocycles. The molecule has 1 fully saturated rings. The second kappa shape index (κ2) is 9.08. The molecule has 0 atom stereocenters. The van der Waals surface area contributed by atoms with Crippen LogP contribution in [0.2, 0.25) is 0 Å². The van der Waals surface area contributed by atoms with Gasteiger partial charge in [0.2, 0.25) is 0 Å². The topological polar surface area (TPSA) is 119 Å². The second-order valence-corrected chi connectivity index (χ2v) is 7.28. The summed E-state index contributed by atoms with van der Waals surface area (Å²) in [6.07, 6.45) is 7.78. The molecule has 3 aromatic rings. The summed E-state index contributed by atoms with van der Waals surface area (Å²) >= 11 is 0. The van der Waals surface area contributed by atoms with Gasteiger partial charge in [0.05, 0.1) is 18.4 Å². The Morgan fingerprint density at radius 3 is 2.69 bits per heavy atom. The molecular formula is C21H22F2N8O. The standard InChI is InChI=1S/C21H22F2N8O/c1-2-5-14(22)15(23)12-31-20(28-29-21(31)32)18-19(24)26-11-16(27-18)13-6-7-17(25-10-13)30-8-3-4-9-30/h2,5-7,10-11H,3-4,8-9,12H2,1H3,(H2,24,26)(H,29,32)/b5-2-,15-14-. The van der Waals surface area contributed by atoms with E-state index in [0.717, 1.165) is 42.4 Å². The average Bonchev–Trinajstić information content (AvgIpc) is 3.45. The number of allylic oxidation sites excluding steroid dienone is 4. The van der Waals surface area contributed by atoms with E-state index >= 15 is 0 Å². The Labute approximate surface area is 182 Å². The third-order valence-electron chi connectivity index (χ3n) is 5.11. The number of nitrogens with two attached hydrogens (primary N) is 1. The molecule has 3 N–H and O–H groups in total. The quantitative estimate of drug-likeness (QED) is 0.566. The SMILES string of the molecule is C/C=C\C(F)=C(\F)Cn1c(-c2nc(-c3ccc(N4CCCC4)nc3)cnc2N)n[nH]c1=O. The van der Waals surface area contributed by atoms with Gasteiger partial charge in [-0.1, -0.05) is 6.08 Å². The highest BCUT2D eigenvalue weighted by Gasteiger charge is 2.20. The number of rotatable bonds is 6. The van der Waals surface area contributed by atoms with E-state index < -0.39 is 23.9 Å². The van der Waals surface area contributed by atoms with Crippen LogP contribution in [0.1, 0.15) is 19.8 Å². The van der Waals surface area contributed by atoms with Crippen molar-refractivity contribution in [1.29, 1.82) is 0 Å². The van der Waals surface area contributed by atoms with Crippen LogP contribution in [-0.2, 0) is 6.54 Å². The molecule has 11 heteroatoms. The smallest absolute Gasteiger partial charge is 0.344 e. The lowest BCUT2D eigenvalue weighted by atomic mass is 10.2. The molecule has 0 bridgehead atoms.